The van der Waals surface area contributed by atoms with E-state index in [1.54, 1.807) is 30.3 Å². The normalized spacial score (nSPS) is 17.7. The fourth-order valence-corrected chi connectivity index (χ4v) is 3.57. The van der Waals surface area contributed by atoms with Crippen LogP contribution in [0.1, 0.15) is 17.2 Å². The van der Waals surface area contributed by atoms with Crippen molar-refractivity contribution in [3.8, 4) is 0 Å². The number of nitrogens with zero attached hydrogens (tertiary/aromatic N) is 2. The second kappa shape index (κ2) is 7.83. The monoisotopic (exact) mass is 418 g/mol. The Kier molecular flexibility index (Phi) is 5.04. The highest BCUT2D eigenvalue weighted by Gasteiger charge is 2.47. The number of amides is 1. The molecule has 154 valence electrons. The van der Waals surface area contributed by atoms with Crippen molar-refractivity contribution in [3.63, 3.8) is 0 Å². The van der Waals surface area contributed by atoms with Crippen molar-refractivity contribution >= 4 is 28.8 Å². The Morgan fingerprint density at radius 1 is 0.968 bits per heavy atom. The van der Waals surface area contributed by atoms with Crippen molar-refractivity contribution in [2.24, 2.45) is 0 Å². The number of rotatable bonds is 4. The van der Waals surface area contributed by atoms with Gasteiger partial charge >= 0.3 is 0 Å². The molecule has 1 aliphatic heterocycles. The van der Waals surface area contributed by atoms with Crippen molar-refractivity contribution in [1.29, 1.82) is 0 Å². The molecule has 1 amide bonds. The molecular weight excluding hydrogens is 403 g/mol. The number of aliphatic hydroxyl groups excluding tert-OH is 1. The third-order valence-corrected chi connectivity index (χ3v) is 5.00. The molecule has 1 heterocycles. The zero-order valence-corrected chi connectivity index (χ0v) is 15.9. The minimum absolute atomic E-state index is 0.109. The number of nitro groups is 1. The maximum absolute atomic E-state index is 13.5. The van der Waals surface area contributed by atoms with Gasteiger partial charge in [-0.05, 0) is 23.8 Å². The van der Waals surface area contributed by atoms with Crippen LogP contribution in [-0.2, 0) is 9.59 Å². The van der Waals surface area contributed by atoms with Gasteiger partial charge in [0, 0.05) is 17.7 Å². The summed E-state index contributed by atoms with van der Waals surface area (Å²) in [6, 6.07) is 17.6. The third kappa shape index (κ3) is 3.55. The Morgan fingerprint density at radius 2 is 1.65 bits per heavy atom. The minimum Gasteiger partial charge on any atom is -0.507 e. The number of halogens is 1. The number of benzene rings is 3. The van der Waals surface area contributed by atoms with Crippen LogP contribution in [0.25, 0.3) is 5.76 Å². The van der Waals surface area contributed by atoms with Crippen molar-refractivity contribution in [3.05, 3.63) is 111 Å². The molecular formula is C23H15FN2O5. The molecule has 1 unspecified atom stereocenters. The third-order valence-electron chi connectivity index (χ3n) is 5.00. The van der Waals surface area contributed by atoms with Crippen LogP contribution in [0.15, 0.2) is 84.4 Å². The summed E-state index contributed by atoms with van der Waals surface area (Å²) in [6.07, 6.45) is 0. The molecule has 31 heavy (non-hydrogen) atoms. The quantitative estimate of drug-likeness (QED) is 0.223. The fourth-order valence-electron chi connectivity index (χ4n) is 3.57. The zero-order valence-electron chi connectivity index (χ0n) is 15.9. The second-order valence-corrected chi connectivity index (χ2v) is 6.86. The van der Waals surface area contributed by atoms with Gasteiger partial charge in [-0.25, -0.2) is 4.39 Å². The van der Waals surface area contributed by atoms with E-state index in [4.69, 9.17) is 0 Å². The molecule has 0 saturated carbocycles. The molecule has 7 nitrogen and oxygen atoms in total. The summed E-state index contributed by atoms with van der Waals surface area (Å²) in [7, 11) is 0. The lowest BCUT2D eigenvalue weighted by atomic mass is 9.95. The Bertz CT molecular complexity index is 1220. The van der Waals surface area contributed by atoms with Crippen molar-refractivity contribution in [1.82, 2.24) is 0 Å². The lowest BCUT2D eigenvalue weighted by Gasteiger charge is -2.25. The van der Waals surface area contributed by atoms with Crippen LogP contribution < -0.4 is 4.90 Å². The smallest absolute Gasteiger partial charge is 0.300 e. The minimum atomic E-state index is -1.09. The highest BCUT2D eigenvalue weighted by molar-refractivity contribution is 6.51. The van der Waals surface area contributed by atoms with E-state index in [1.807, 2.05) is 0 Å². The van der Waals surface area contributed by atoms with E-state index in [0.29, 0.717) is 11.1 Å². The van der Waals surface area contributed by atoms with Gasteiger partial charge < -0.3 is 5.11 Å². The largest absolute Gasteiger partial charge is 0.507 e. The van der Waals surface area contributed by atoms with Gasteiger partial charge in [-0.15, -0.1) is 0 Å². The lowest BCUT2D eigenvalue weighted by Crippen LogP contribution is -2.29. The van der Waals surface area contributed by atoms with Gasteiger partial charge in [0.25, 0.3) is 17.4 Å². The molecule has 0 aliphatic carbocycles. The van der Waals surface area contributed by atoms with Crippen LogP contribution in [0.2, 0.25) is 0 Å². The molecule has 1 aliphatic rings. The lowest BCUT2D eigenvalue weighted by molar-refractivity contribution is -0.384. The molecule has 1 saturated heterocycles. The highest BCUT2D eigenvalue weighted by Crippen LogP contribution is 2.42. The number of carbonyl (C=O) groups excluding carboxylic acids is 2. The average molecular weight is 418 g/mol. The molecule has 1 N–H and O–H groups in total. The molecule has 1 fully saturated rings. The van der Waals surface area contributed by atoms with Gasteiger partial charge in [-0.2, -0.15) is 0 Å². The maximum Gasteiger partial charge on any atom is 0.300 e. The van der Waals surface area contributed by atoms with Crippen LogP contribution >= 0.6 is 0 Å². The van der Waals surface area contributed by atoms with Gasteiger partial charge in [-0.3, -0.25) is 24.6 Å². The topological polar surface area (TPSA) is 101 Å². The summed E-state index contributed by atoms with van der Waals surface area (Å²) in [5, 5.41) is 22.1. The van der Waals surface area contributed by atoms with E-state index in [9.17, 15) is 29.2 Å². The molecule has 1 atom stereocenters. The summed E-state index contributed by atoms with van der Waals surface area (Å²) in [5.74, 6) is -2.80. The van der Waals surface area contributed by atoms with E-state index in [2.05, 4.69) is 0 Å². The Morgan fingerprint density at radius 3 is 2.29 bits per heavy atom. The van der Waals surface area contributed by atoms with E-state index < -0.39 is 28.5 Å². The summed E-state index contributed by atoms with van der Waals surface area (Å²) in [6.45, 7) is 0. The summed E-state index contributed by atoms with van der Waals surface area (Å²) >= 11 is 0. The van der Waals surface area contributed by atoms with Crippen LogP contribution in [0.5, 0.6) is 0 Å². The molecule has 0 aromatic heterocycles. The molecule has 0 radical (unpaired) electrons. The van der Waals surface area contributed by atoms with Gasteiger partial charge in [-0.1, -0.05) is 48.5 Å². The van der Waals surface area contributed by atoms with E-state index in [-0.39, 0.29) is 22.7 Å². The Labute approximate surface area is 175 Å². The molecule has 3 aromatic rings. The van der Waals surface area contributed by atoms with Crippen LogP contribution in [0.4, 0.5) is 15.8 Å². The SMILES string of the molecule is O=C1C(=O)N(c2cccc([N+](=O)[O-])c2)C(c2ccc(F)cc2)/C1=C(/O)c1ccccc1. The molecule has 8 heteroatoms. The Hall–Kier alpha value is -4.33. The van der Waals surface area contributed by atoms with Crippen molar-refractivity contribution < 1.29 is 24.0 Å². The summed E-state index contributed by atoms with van der Waals surface area (Å²) < 4.78 is 13.5. The number of non-ortho nitro benzene ring substituents is 1. The number of Topliss-reactive ketones (excluding diaryl/α,β-unsaturated/α-hetero) is 1. The fraction of sp³-hybridized carbons (Fsp3) is 0.0435. The van der Waals surface area contributed by atoms with Gasteiger partial charge in [0.15, 0.2) is 0 Å². The van der Waals surface area contributed by atoms with Gasteiger partial charge in [0.05, 0.1) is 22.2 Å². The van der Waals surface area contributed by atoms with Crippen LogP contribution in [0, 0.1) is 15.9 Å². The number of nitro benzene ring substituents is 1. The first-order chi connectivity index (χ1) is 14.9. The first-order valence-electron chi connectivity index (χ1n) is 9.25. The number of hydrogen-bond acceptors (Lipinski definition) is 5. The van der Waals surface area contributed by atoms with Crippen molar-refractivity contribution in [2.45, 2.75) is 6.04 Å². The standard InChI is InChI=1S/C23H15FN2O5/c24-16-11-9-14(10-12-16)20-19(21(27)15-5-2-1-3-6-15)22(28)23(29)25(20)17-7-4-8-18(13-17)26(30)31/h1-13,20,27H/b21-19-. The number of hydrogen-bond donors (Lipinski definition) is 1. The number of aliphatic hydroxyl groups is 1. The Balaban J connectivity index is 1.95. The predicted octanol–water partition coefficient (Wildman–Crippen LogP) is 4.36. The molecule has 0 bridgehead atoms. The van der Waals surface area contributed by atoms with Gasteiger partial charge in [0.2, 0.25) is 0 Å². The van der Waals surface area contributed by atoms with E-state index in [1.165, 1.54) is 48.5 Å². The molecule has 4 rings (SSSR count). The van der Waals surface area contributed by atoms with Crippen LogP contribution in [-0.4, -0.2) is 21.7 Å². The highest BCUT2D eigenvalue weighted by atomic mass is 19.1. The van der Waals surface area contributed by atoms with Crippen molar-refractivity contribution in [2.75, 3.05) is 4.90 Å². The molecule has 3 aromatic carbocycles. The summed E-state index contributed by atoms with van der Waals surface area (Å²) in [5.41, 5.74) is 0.351. The second-order valence-electron chi connectivity index (χ2n) is 6.86. The number of ketones is 1. The maximum atomic E-state index is 13.5. The first-order valence-corrected chi connectivity index (χ1v) is 9.25. The van der Waals surface area contributed by atoms with E-state index >= 15 is 0 Å². The first kappa shape index (κ1) is 20.0. The van der Waals surface area contributed by atoms with Crippen LogP contribution in [0.3, 0.4) is 0 Å². The summed E-state index contributed by atoms with van der Waals surface area (Å²) in [4.78, 5) is 37.6. The predicted molar refractivity (Wildman–Crippen MR) is 111 cm³/mol. The number of anilines is 1. The number of carbonyl (C=O) groups is 2. The van der Waals surface area contributed by atoms with E-state index in [0.717, 1.165) is 4.90 Å². The molecule has 0 spiro atoms. The van der Waals surface area contributed by atoms with Gasteiger partial charge in [0.1, 0.15) is 11.6 Å². The average Bonchev–Trinajstić information content (AvgIpc) is 3.05. The zero-order chi connectivity index (χ0) is 22.1.